The van der Waals surface area contributed by atoms with Crippen LogP contribution in [0.2, 0.25) is 0 Å². The second-order valence-corrected chi connectivity index (χ2v) is 7.21. The van der Waals surface area contributed by atoms with Gasteiger partial charge in [-0.2, -0.15) is 0 Å². The van der Waals surface area contributed by atoms with Crippen molar-refractivity contribution in [3.63, 3.8) is 0 Å². The van der Waals surface area contributed by atoms with Gasteiger partial charge < -0.3 is 4.74 Å². The van der Waals surface area contributed by atoms with Gasteiger partial charge in [-0.3, -0.25) is 4.79 Å². The van der Waals surface area contributed by atoms with Crippen molar-refractivity contribution in [3.8, 4) is 0 Å². The topological polar surface area (TPSA) is 26.3 Å². The minimum absolute atomic E-state index is 0.00612. The summed E-state index contributed by atoms with van der Waals surface area (Å²) in [4.78, 5) is 12.4. The molecule has 0 spiro atoms. The molecule has 0 fully saturated rings. The molecule has 0 radical (unpaired) electrons. The lowest BCUT2D eigenvalue weighted by Gasteiger charge is -2.40. The molecule has 0 bridgehead atoms. The van der Waals surface area contributed by atoms with Gasteiger partial charge in [-0.1, -0.05) is 45.0 Å². The summed E-state index contributed by atoms with van der Waals surface area (Å²) in [6.07, 6.45) is 2.77. The van der Waals surface area contributed by atoms with Crippen LogP contribution in [0.5, 0.6) is 0 Å². The van der Waals surface area contributed by atoms with Crippen LogP contribution in [0.1, 0.15) is 64.7 Å². The Hall–Kier alpha value is -1.31. The Kier molecular flexibility index (Phi) is 3.95. The third-order valence-electron chi connectivity index (χ3n) is 4.75. The maximum atomic E-state index is 12.4. The lowest BCUT2D eigenvalue weighted by Crippen LogP contribution is -2.35. The number of hydrogen-bond donors (Lipinski definition) is 0. The highest BCUT2D eigenvalue weighted by Crippen LogP contribution is 2.46. The Bertz CT molecular complexity index is 500. The van der Waals surface area contributed by atoms with Crippen molar-refractivity contribution < 1.29 is 9.53 Å². The van der Waals surface area contributed by atoms with Crippen LogP contribution in [0.3, 0.4) is 0 Å². The number of benzene rings is 1. The molecule has 0 amide bonds. The maximum Gasteiger partial charge on any atom is 0.312 e. The van der Waals surface area contributed by atoms with E-state index >= 15 is 0 Å². The van der Waals surface area contributed by atoms with Gasteiger partial charge in [0.05, 0.1) is 5.41 Å². The maximum absolute atomic E-state index is 12.4. The first-order chi connectivity index (χ1) is 9.28. The van der Waals surface area contributed by atoms with Crippen LogP contribution in [0.4, 0.5) is 0 Å². The number of aryl methyl sites for hydroxylation is 1. The summed E-state index contributed by atoms with van der Waals surface area (Å²) >= 11 is 0. The molecule has 1 aromatic carbocycles. The Morgan fingerprint density at radius 1 is 1.35 bits per heavy atom. The molecule has 20 heavy (non-hydrogen) atoms. The minimum atomic E-state index is -0.414. The number of esters is 1. The summed E-state index contributed by atoms with van der Waals surface area (Å²) in [5, 5.41) is 0. The zero-order chi connectivity index (χ0) is 15.0. The van der Waals surface area contributed by atoms with E-state index in [1.54, 1.807) is 0 Å². The summed E-state index contributed by atoms with van der Waals surface area (Å²) in [6.45, 7) is 10.3. The molecule has 1 aliphatic carbocycles. The second kappa shape index (κ2) is 5.23. The minimum Gasteiger partial charge on any atom is -0.456 e. The monoisotopic (exact) mass is 274 g/mol. The Balaban J connectivity index is 2.31. The van der Waals surface area contributed by atoms with Gasteiger partial charge in [0.2, 0.25) is 0 Å². The molecule has 2 nitrogen and oxygen atoms in total. The summed E-state index contributed by atoms with van der Waals surface area (Å²) < 4.78 is 5.95. The van der Waals surface area contributed by atoms with Gasteiger partial charge in [-0.05, 0) is 44.2 Å². The van der Waals surface area contributed by atoms with Crippen molar-refractivity contribution in [1.82, 2.24) is 0 Å². The van der Waals surface area contributed by atoms with Crippen LogP contribution in [-0.4, -0.2) is 5.97 Å². The van der Waals surface area contributed by atoms with Gasteiger partial charge in [-0.15, -0.1) is 0 Å². The smallest absolute Gasteiger partial charge is 0.312 e. The lowest BCUT2D eigenvalue weighted by atomic mass is 9.72. The Morgan fingerprint density at radius 3 is 2.65 bits per heavy atom. The third kappa shape index (κ3) is 2.74. The van der Waals surface area contributed by atoms with E-state index < -0.39 is 5.41 Å². The number of carbonyl (C=O) groups excluding carboxylic acids is 1. The van der Waals surface area contributed by atoms with Crippen molar-refractivity contribution in [3.05, 3.63) is 35.4 Å². The van der Waals surface area contributed by atoms with Crippen LogP contribution in [0.25, 0.3) is 0 Å². The van der Waals surface area contributed by atoms with Crippen molar-refractivity contribution in [2.45, 2.75) is 60.0 Å². The number of fused-ring (bicyclic) bond motifs is 1. The normalized spacial score (nSPS) is 21.1. The van der Waals surface area contributed by atoms with Gasteiger partial charge in [0.25, 0.3) is 0 Å². The molecule has 0 heterocycles. The van der Waals surface area contributed by atoms with Crippen LogP contribution in [0.15, 0.2) is 24.3 Å². The first-order valence-corrected chi connectivity index (χ1v) is 7.57. The van der Waals surface area contributed by atoms with Crippen molar-refractivity contribution in [2.24, 2.45) is 10.8 Å². The molecule has 1 atom stereocenters. The van der Waals surface area contributed by atoms with Gasteiger partial charge in [0, 0.05) is 5.41 Å². The summed E-state index contributed by atoms with van der Waals surface area (Å²) in [7, 11) is 0. The van der Waals surface area contributed by atoms with Crippen LogP contribution in [-0.2, 0) is 16.0 Å². The first kappa shape index (κ1) is 15.1. The predicted molar refractivity (Wildman–Crippen MR) is 81.4 cm³/mol. The average molecular weight is 274 g/mol. The number of carbonyl (C=O) groups is 1. The molecule has 0 saturated carbocycles. The fourth-order valence-electron chi connectivity index (χ4n) is 2.66. The zero-order valence-corrected chi connectivity index (χ0v) is 13.3. The third-order valence-corrected chi connectivity index (χ3v) is 4.75. The van der Waals surface area contributed by atoms with E-state index in [2.05, 4.69) is 32.0 Å². The van der Waals surface area contributed by atoms with Gasteiger partial charge in [-0.25, -0.2) is 0 Å². The van der Waals surface area contributed by atoms with Gasteiger partial charge >= 0.3 is 5.97 Å². The van der Waals surface area contributed by atoms with Crippen molar-refractivity contribution in [2.75, 3.05) is 0 Å². The molecule has 110 valence electrons. The van der Waals surface area contributed by atoms with E-state index in [9.17, 15) is 4.79 Å². The molecule has 1 aliphatic rings. The Morgan fingerprint density at radius 2 is 2.00 bits per heavy atom. The highest BCUT2D eigenvalue weighted by Gasteiger charge is 2.40. The molecule has 0 saturated heterocycles. The number of hydrogen-bond acceptors (Lipinski definition) is 2. The van der Waals surface area contributed by atoms with Crippen LogP contribution in [0, 0.1) is 10.8 Å². The lowest BCUT2D eigenvalue weighted by molar-refractivity contribution is -0.168. The highest BCUT2D eigenvalue weighted by atomic mass is 16.5. The molecule has 1 unspecified atom stereocenters. The van der Waals surface area contributed by atoms with Gasteiger partial charge in [0.15, 0.2) is 0 Å². The summed E-state index contributed by atoms with van der Waals surface area (Å²) in [6, 6.07) is 8.35. The zero-order valence-electron chi connectivity index (χ0n) is 13.3. The quantitative estimate of drug-likeness (QED) is 0.748. The molecular formula is C18H26O2. The number of rotatable bonds is 3. The molecule has 0 aromatic heterocycles. The fraction of sp³-hybridized carbons (Fsp3) is 0.611. The SMILES string of the molecule is CCC(C)(C)C(=O)OC1c2ccccc2CCC1(C)C. The van der Waals surface area contributed by atoms with E-state index in [4.69, 9.17) is 4.74 Å². The molecule has 1 aromatic rings. The van der Waals surface area contributed by atoms with E-state index in [1.165, 1.54) is 11.1 Å². The highest BCUT2D eigenvalue weighted by molar-refractivity contribution is 5.76. The van der Waals surface area contributed by atoms with Crippen molar-refractivity contribution in [1.29, 1.82) is 0 Å². The summed E-state index contributed by atoms with van der Waals surface area (Å²) in [5.74, 6) is -0.0882. The first-order valence-electron chi connectivity index (χ1n) is 7.57. The average Bonchev–Trinajstić information content (AvgIpc) is 2.41. The largest absolute Gasteiger partial charge is 0.456 e. The van der Waals surface area contributed by atoms with E-state index in [0.717, 1.165) is 19.3 Å². The number of ether oxygens (including phenoxy) is 1. The molecule has 0 aliphatic heterocycles. The van der Waals surface area contributed by atoms with E-state index in [1.807, 2.05) is 26.8 Å². The standard InChI is InChI=1S/C18H26O2/c1-6-17(2,3)16(19)20-15-14-10-8-7-9-13(14)11-12-18(15,4)5/h7-10,15H,6,11-12H2,1-5H3. The molecule has 2 heteroatoms. The van der Waals surface area contributed by atoms with E-state index in [0.29, 0.717) is 0 Å². The van der Waals surface area contributed by atoms with E-state index in [-0.39, 0.29) is 17.5 Å². The van der Waals surface area contributed by atoms with Gasteiger partial charge in [0.1, 0.15) is 6.10 Å². The summed E-state index contributed by atoms with van der Waals surface area (Å²) in [5.41, 5.74) is 2.08. The fourth-order valence-corrected chi connectivity index (χ4v) is 2.66. The molecule has 2 rings (SSSR count). The molecule has 0 N–H and O–H groups in total. The predicted octanol–water partition coefficient (Wildman–Crippen LogP) is 4.68. The van der Waals surface area contributed by atoms with Crippen LogP contribution < -0.4 is 0 Å². The molecular weight excluding hydrogens is 248 g/mol. The van der Waals surface area contributed by atoms with Crippen LogP contribution >= 0.6 is 0 Å². The Labute approximate surface area is 122 Å². The second-order valence-electron chi connectivity index (χ2n) is 7.21. The van der Waals surface area contributed by atoms with Crippen molar-refractivity contribution >= 4 is 5.97 Å².